The van der Waals surface area contributed by atoms with Gasteiger partial charge in [0.1, 0.15) is 23.6 Å². The first-order chi connectivity index (χ1) is 16.3. The van der Waals surface area contributed by atoms with E-state index in [1.807, 2.05) is 30.3 Å². The first-order valence-electron chi connectivity index (χ1n) is 11.9. The average Bonchev–Trinajstić information content (AvgIpc) is 3.19. The van der Waals surface area contributed by atoms with Crippen molar-refractivity contribution < 1.29 is 24.2 Å². The first kappa shape index (κ1) is 21.4. The van der Waals surface area contributed by atoms with Crippen LogP contribution in [-0.4, -0.2) is 59.2 Å². The lowest BCUT2D eigenvalue weighted by atomic mass is 9.74. The van der Waals surface area contributed by atoms with Crippen LogP contribution in [0.3, 0.4) is 0 Å². The Labute approximate surface area is 198 Å². The molecule has 2 amide bonds. The number of anilines is 2. The lowest BCUT2D eigenvalue weighted by Gasteiger charge is -2.50. The number of benzene rings is 2. The van der Waals surface area contributed by atoms with Crippen molar-refractivity contribution in [2.45, 2.75) is 50.5 Å². The minimum absolute atomic E-state index is 0.00934. The van der Waals surface area contributed by atoms with Gasteiger partial charge >= 0.3 is 0 Å². The van der Waals surface area contributed by atoms with Crippen LogP contribution in [-0.2, 0) is 14.3 Å². The first-order valence-corrected chi connectivity index (χ1v) is 11.9. The van der Waals surface area contributed by atoms with Crippen LogP contribution in [0.4, 0.5) is 11.4 Å². The van der Waals surface area contributed by atoms with Gasteiger partial charge in [-0.15, -0.1) is 0 Å². The minimum atomic E-state index is -0.443. The van der Waals surface area contributed by atoms with E-state index in [0.29, 0.717) is 5.69 Å². The number of fused-ring (bicyclic) bond motifs is 5. The Balaban J connectivity index is 1.23. The van der Waals surface area contributed by atoms with Crippen molar-refractivity contribution in [3.63, 3.8) is 0 Å². The summed E-state index contributed by atoms with van der Waals surface area (Å²) in [5.41, 5.74) is 1.86. The van der Waals surface area contributed by atoms with Crippen molar-refractivity contribution in [2.24, 2.45) is 5.92 Å². The van der Waals surface area contributed by atoms with Crippen LogP contribution in [0.5, 0.6) is 11.5 Å². The van der Waals surface area contributed by atoms with Crippen molar-refractivity contribution in [3.05, 3.63) is 48.0 Å². The summed E-state index contributed by atoms with van der Waals surface area (Å²) < 4.78 is 13.0. The number of phenolic OH excluding ortho intramolecular Hbond substituents is 1. The summed E-state index contributed by atoms with van der Waals surface area (Å²) in [6.45, 7) is 5.19. The predicted molar refractivity (Wildman–Crippen MR) is 126 cm³/mol. The Kier molecular flexibility index (Phi) is 4.86. The third-order valence-electron chi connectivity index (χ3n) is 7.76. The monoisotopic (exact) mass is 463 g/mol. The maximum atomic E-state index is 13.4. The van der Waals surface area contributed by atoms with Crippen molar-refractivity contribution >= 4 is 23.2 Å². The molecule has 2 fully saturated rings. The Morgan fingerprint density at radius 2 is 2.06 bits per heavy atom. The molecular formula is C26H29N3O5. The van der Waals surface area contributed by atoms with Gasteiger partial charge in [-0.3, -0.25) is 19.4 Å². The fraction of sp³-hybridized carbons (Fsp3) is 0.462. The number of carbonyl (C=O) groups is 2. The number of nitrogens with zero attached hydrogens (tertiary/aromatic N) is 2. The molecule has 178 valence electrons. The SMILES string of the molecule is CC1(C)Oc2ccc(O)cc2[C@@H]2O[C@@H]3CCN(CC(=O)N4CC(=O)Nc5ccccc54)[C@H]3C[C@H]21. The number of likely N-dealkylation sites (tertiary alicyclic amines) is 1. The summed E-state index contributed by atoms with van der Waals surface area (Å²) in [6.07, 6.45) is 1.53. The number of ether oxygens (including phenoxy) is 2. The van der Waals surface area contributed by atoms with Crippen molar-refractivity contribution in [2.75, 3.05) is 29.9 Å². The van der Waals surface area contributed by atoms with Crippen molar-refractivity contribution in [1.82, 2.24) is 4.90 Å². The fourth-order valence-corrected chi connectivity index (χ4v) is 6.07. The summed E-state index contributed by atoms with van der Waals surface area (Å²) >= 11 is 0. The molecule has 0 bridgehead atoms. The molecule has 0 spiro atoms. The number of carbonyl (C=O) groups excluding carboxylic acids is 2. The van der Waals surface area contributed by atoms with Gasteiger partial charge in [0.2, 0.25) is 11.8 Å². The lowest BCUT2D eigenvalue weighted by molar-refractivity contribution is -0.162. The molecule has 0 unspecified atom stereocenters. The van der Waals surface area contributed by atoms with Gasteiger partial charge in [0.05, 0.1) is 30.1 Å². The van der Waals surface area contributed by atoms with Gasteiger partial charge in [0.15, 0.2) is 0 Å². The predicted octanol–water partition coefficient (Wildman–Crippen LogP) is 3.07. The van der Waals surface area contributed by atoms with E-state index in [4.69, 9.17) is 9.47 Å². The Morgan fingerprint density at radius 1 is 1.24 bits per heavy atom. The Bertz CT molecular complexity index is 1160. The second-order valence-electron chi connectivity index (χ2n) is 10.2. The second-order valence-corrected chi connectivity index (χ2v) is 10.2. The molecule has 2 N–H and O–H groups in total. The lowest BCUT2D eigenvalue weighted by Crippen LogP contribution is -2.55. The standard InChI is InChI=1S/C26H29N3O5/c1-26(2)17-12-20-22(33-25(17)16-11-15(30)7-8-21(16)34-26)9-10-28(20)14-24(32)29-13-23(31)27-18-5-3-4-6-19(18)29/h3-8,11,17,20,22,25,30H,9-10,12-14H2,1-2H3,(H,27,31)/t17-,20+,22-,25+/m1/s1. The smallest absolute Gasteiger partial charge is 0.244 e. The topological polar surface area (TPSA) is 91.3 Å². The molecule has 8 heteroatoms. The molecule has 4 atom stereocenters. The molecule has 34 heavy (non-hydrogen) atoms. The van der Waals surface area contributed by atoms with Crippen LogP contribution in [0, 0.1) is 5.92 Å². The van der Waals surface area contributed by atoms with Crippen molar-refractivity contribution in [1.29, 1.82) is 0 Å². The number of nitrogens with one attached hydrogen (secondary N) is 1. The number of para-hydroxylation sites is 2. The maximum absolute atomic E-state index is 13.4. The number of rotatable bonds is 2. The summed E-state index contributed by atoms with van der Waals surface area (Å²) in [5, 5.41) is 12.9. The highest BCUT2D eigenvalue weighted by molar-refractivity contribution is 6.10. The summed E-state index contributed by atoms with van der Waals surface area (Å²) in [6, 6.07) is 12.7. The molecule has 2 aromatic carbocycles. The van der Waals surface area contributed by atoms with E-state index < -0.39 is 5.60 Å². The van der Waals surface area contributed by atoms with Crippen LogP contribution in [0.25, 0.3) is 0 Å². The van der Waals surface area contributed by atoms with Gasteiger partial charge in [-0.25, -0.2) is 0 Å². The van der Waals surface area contributed by atoms with Crippen molar-refractivity contribution in [3.8, 4) is 11.5 Å². The van der Waals surface area contributed by atoms with E-state index in [9.17, 15) is 14.7 Å². The van der Waals surface area contributed by atoms with Crippen LogP contribution in [0.2, 0.25) is 0 Å². The van der Waals surface area contributed by atoms with Gasteiger partial charge in [-0.05, 0) is 57.0 Å². The highest BCUT2D eigenvalue weighted by atomic mass is 16.5. The van der Waals surface area contributed by atoms with Crippen LogP contribution in [0.1, 0.15) is 38.4 Å². The van der Waals surface area contributed by atoms with E-state index in [1.165, 1.54) is 0 Å². The zero-order chi connectivity index (χ0) is 23.6. The zero-order valence-corrected chi connectivity index (χ0v) is 19.4. The number of hydrogen-bond donors (Lipinski definition) is 2. The van der Waals surface area contributed by atoms with Crippen LogP contribution >= 0.6 is 0 Å². The summed E-state index contributed by atoms with van der Waals surface area (Å²) in [4.78, 5) is 29.3. The largest absolute Gasteiger partial charge is 0.508 e. The third-order valence-corrected chi connectivity index (χ3v) is 7.76. The highest BCUT2D eigenvalue weighted by Crippen LogP contribution is 2.53. The Morgan fingerprint density at radius 3 is 2.91 bits per heavy atom. The van der Waals surface area contributed by atoms with E-state index in [2.05, 4.69) is 24.1 Å². The number of amides is 2. The molecule has 6 rings (SSSR count). The van der Waals surface area contributed by atoms with Gasteiger partial charge < -0.3 is 19.9 Å². The fourth-order valence-electron chi connectivity index (χ4n) is 6.07. The van der Waals surface area contributed by atoms with Crippen LogP contribution < -0.4 is 15.0 Å². The van der Waals surface area contributed by atoms with Gasteiger partial charge in [0, 0.05) is 24.1 Å². The van der Waals surface area contributed by atoms with Crippen LogP contribution in [0.15, 0.2) is 42.5 Å². The van der Waals surface area contributed by atoms with E-state index in [-0.39, 0.29) is 54.8 Å². The van der Waals surface area contributed by atoms with E-state index in [0.717, 1.165) is 36.4 Å². The summed E-state index contributed by atoms with van der Waals surface area (Å²) in [7, 11) is 0. The quantitative estimate of drug-likeness (QED) is 0.711. The third kappa shape index (κ3) is 3.44. The molecule has 4 aliphatic heterocycles. The zero-order valence-electron chi connectivity index (χ0n) is 19.4. The second kappa shape index (κ2) is 7.71. The molecule has 4 aliphatic rings. The highest BCUT2D eigenvalue weighted by Gasteiger charge is 2.53. The van der Waals surface area contributed by atoms with E-state index >= 15 is 0 Å². The molecule has 8 nitrogen and oxygen atoms in total. The number of aromatic hydroxyl groups is 1. The summed E-state index contributed by atoms with van der Waals surface area (Å²) in [5.74, 6) is 0.781. The number of phenols is 1. The molecule has 2 aromatic rings. The van der Waals surface area contributed by atoms with E-state index in [1.54, 1.807) is 17.0 Å². The van der Waals surface area contributed by atoms with Gasteiger partial charge in [-0.1, -0.05) is 12.1 Å². The molecule has 2 saturated heterocycles. The average molecular weight is 464 g/mol. The molecule has 0 aliphatic carbocycles. The molecular weight excluding hydrogens is 434 g/mol. The van der Waals surface area contributed by atoms with Gasteiger partial charge in [-0.2, -0.15) is 0 Å². The normalized spacial score (nSPS) is 29.2. The van der Waals surface area contributed by atoms with Gasteiger partial charge in [0.25, 0.3) is 0 Å². The Hall–Kier alpha value is -3.10. The molecule has 0 aromatic heterocycles. The molecule has 0 radical (unpaired) electrons. The minimum Gasteiger partial charge on any atom is -0.508 e. The number of hydrogen-bond acceptors (Lipinski definition) is 6. The molecule has 0 saturated carbocycles. The molecule has 4 heterocycles. The maximum Gasteiger partial charge on any atom is 0.244 e.